The van der Waals surface area contributed by atoms with E-state index in [9.17, 15) is 0 Å². The van der Waals surface area contributed by atoms with Crippen molar-refractivity contribution in [1.82, 2.24) is 0 Å². The third kappa shape index (κ3) is 2.56. The van der Waals surface area contributed by atoms with E-state index in [2.05, 4.69) is 57.8 Å². The van der Waals surface area contributed by atoms with E-state index >= 15 is 0 Å². The molecule has 0 amide bonds. The molecule has 0 radical (unpaired) electrons. The SMILES string of the molecule is Cc1cc(C(Cl)c2cc(Br)c(Br)s2)sc1C. The Morgan fingerprint density at radius 2 is 1.75 bits per heavy atom. The third-order valence-electron chi connectivity index (χ3n) is 2.35. The van der Waals surface area contributed by atoms with Gasteiger partial charge >= 0.3 is 0 Å². The van der Waals surface area contributed by atoms with E-state index in [1.165, 1.54) is 20.2 Å². The monoisotopic (exact) mass is 398 g/mol. The van der Waals surface area contributed by atoms with Gasteiger partial charge in [0.2, 0.25) is 0 Å². The molecule has 2 rings (SSSR count). The van der Waals surface area contributed by atoms with Crippen molar-refractivity contribution in [3.8, 4) is 0 Å². The standard InChI is InChI=1S/C11H9Br2ClS2/c1-5-3-8(15-6(5)2)10(14)9-4-7(12)11(13)16-9/h3-4,10H,1-2H3. The van der Waals surface area contributed by atoms with Gasteiger partial charge in [0.25, 0.3) is 0 Å². The molecule has 0 aromatic carbocycles. The predicted octanol–water partition coefficient (Wildman–Crippen LogP) is 6.28. The fourth-order valence-electron chi connectivity index (χ4n) is 1.36. The summed E-state index contributed by atoms with van der Waals surface area (Å²) >= 11 is 16.9. The largest absolute Gasteiger partial charge is 0.143 e. The summed E-state index contributed by atoms with van der Waals surface area (Å²) < 4.78 is 2.17. The molecule has 0 aliphatic rings. The summed E-state index contributed by atoms with van der Waals surface area (Å²) in [5.41, 5.74) is 1.32. The van der Waals surface area contributed by atoms with Gasteiger partial charge in [-0.25, -0.2) is 0 Å². The molecule has 0 fully saturated rings. The first-order valence-electron chi connectivity index (χ1n) is 4.64. The third-order valence-corrected chi connectivity index (χ3v) is 7.62. The van der Waals surface area contributed by atoms with Crippen LogP contribution in [0, 0.1) is 13.8 Å². The van der Waals surface area contributed by atoms with Crippen molar-refractivity contribution in [3.05, 3.63) is 40.6 Å². The molecule has 1 unspecified atom stereocenters. The normalized spacial score (nSPS) is 13.1. The molecule has 0 saturated carbocycles. The van der Waals surface area contributed by atoms with Gasteiger partial charge in [-0.05, 0) is 63.4 Å². The molecule has 0 aliphatic carbocycles. The quantitative estimate of drug-likeness (QED) is 0.521. The lowest BCUT2D eigenvalue weighted by Gasteiger charge is -2.02. The zero-order valence-corrected chi connectivity index (χ0v) is 14.2. The Balaban J connectivity index is 2.34. The fraction of sp³-hybridized carbons (Fsp3) is 0.273. The predicted molar refractivity (Wildman–Crippen MR) is 81.2 cm³/mol. The summed E-state index contributed by atoms with van der Waals surface area (Å²) in [5.74, 6) is 0. The molecule has 86 valence electrons. The topological polar surface area (TPSA) is 0 Å². The maximum Gasteiger partial charge on any atom is 0.102 e. The van der Waals surface area contributed by atoms with Gasteiger partial charge in [-0.2, -0.15) is 0 Å². The molecule has 1 atom stereocenters. The van der Waals surface area contributed by atoms with E-state index in [4.69, 9.17) is 11.6 Å². The van der Waals surface area contributed by atoms with E-state index in [0.29, 0.717) is 0 Å². The Hall–Kier alpha value is 0.650. The zero-order chi connectivity index (χ0) is 11.9. The number of hydrogen-bond donors (Lipinski definition) is 0. The van der Waals surface area contributed by atoms with Crippen LogP contribution < -0.4 is 0 Å². The second kappa shape index (κ2) is 5.11. The maximum absolute atomic E-state index is 6.48. The van der Waals surface area contributed by atoms with Crippen LogP contribution in [0.25, 0.3) is 0 Å². The number of hydrogen-bond acceptors (Lipinski definition) is 2. The number of halogens is 3. The molecule has 0 aliphatic heterocycles. The highest BCUT2D eigenvalue weighted by atomic mass is 79.9. The Morgan fingerprint density at radius 1 is 1.12 bits per heavy atom. The highest BCUT2D eigenvalue weighted by Gasteiger charge is 2.17. The number of aryl methyl sites for hydroxylation is 2. The summed E-state index contributed by atoms with van der Waals surface area (Å²) in [6, 6.07) is 4.26. The minimum absolute atomic E-state index is 0.0370. The molecule has 16 heavy (non-hydrogen) atoms. The first kappa shape index (κ1) is 13.1. The van der Waals surface area contributed by atoms with Crippen LogP contribution in [0.4, 0.5) is 0 Å². The second-order valence-corrected chi connectivity index (χ2v) is 8.50. The smallest absolute Gasteiger partial charge is 0.102 e. The molecular formula is C11H9Br2ClS2. The lowest BCUT2D eigenvalue weighted by Crippen LogP contribution is -1.84. The van der Waals surface area contributed by atoms with Crippen LogP contribution in [-0.4, -0.2) is 0 Å². The van der Waals surface area contributed by atoms with Crippen molar-refractivity contribution in [3.63, 3.8) is 0 Å². The first-order valence-corrected chi connectivity index (χ1v) is 8.30. The van der Waals surface area contributed by atoms with E-state index in [0.717, 1.165) is 8.26 Å². The Bertz CT molecular complexity index is 431. The Labute approximate surface area is 125 Å². The van der Waals surface area contributed by atoms with Crippen LogP contribution in [0.5, 0.6) is 0 Å². The summed E-state index contributed by atoms with van der Waals surface area (Å²) in [5, 5.41) is -0.0370. The number of alkyl halides is 1. The van der Waals surface area contributed by atoms with Crippen LogP contribution in [0.1, 0.15) is 25.6 Å². The van der Waals surface area contributed by atoms with E-state index < -0.39 is 0 Å². The average molecular weight is 401 g/mol. The highest BCUT2D eigenvalue weighted by Crippen LogP contribution is 2.42. The van der Waals surface area contributed by atoms with Gasteiger partial charge < -0.3 is 0 Å². The molecule has 2 aromatic rings. The zero-order valence-electron chi connectivity index (χ0n) is 8.68. The van der Waals surface area contributed by atoms with Gasteiger partial charge in [0.1, 0.15) is 5.38 Å². The minimum atomic E-state index is -0.0370. The van der Waals surface area contributed by atoms with Crippen molar-refractivity contribution in [1.29, 1.82) is 0 Å². The molecule has 2 heterocycles. The minimum Gasteiger partial charge on any atom is -0.143 e. The van der Waals surface area contributed by atoms with E-state index in [-0.39, 0.29) is 5.38 Å². The Kier molecular flexibility index (Phi) is 4.18. The van der Waals surface area contributed by atoms with E-state index in [1.54, 1.807) is 22.7 Å². The summed E-state index contributed by atoms with van der Waals surface area (Å²) in [6.45, 7) is 4.26. The van der Waals surface area contributed by atoms with E-state index in [1.807, 2.05) is 0 Å². The Morgan fingerprint density at radius 3 is 2.19 bits per heavy atom. The maximum atomic E-state index is 6.48. The summed E-state index contributed by atoms with van der Waals surface area (Å²) in [7, 11) is 0. The van der Waals surface area contributed by atoms with Gasteiger partial charge in [-0.15, -0.1) is 34.3 Å². The molecule has 2 aromatic heterocycles. The van der Waals surface area contributed by atoms with Crippen LogP contribution >= 0.6 is 66.1 Å². The lowest BCUT2D eigenvalue weighted by atomic mass is 10.2. The van der Waals surface area contributed by atoms with Gasteiger partial charge in [0.15, 0.2) is 0 Å². The van der Waals surface area contributed by atoms with Gasteiger partial charge in [0.05, 0.1) is 3.79 Å². The van der Waals surface area contributed by atoms with Crippen LogP contribution in [0.3, 0.4) is 0 Å². The lowest BCUT2D eigenvalue weighted by molar-refractivity contribution is 1.23. The molecule has 0 spiro atoms. The van der Waals surface area contributed by atoms with Crippen molar-refractivity contribution in [2.24, 2.45) is 0 Å². The molecule has 5 heteroatoms. The first-order chi connectivity index (χ1) is 7.49. The summed E-state index contributed by atoms with van der Waals surface area (Å²) in [4.78, 5) is 3.73. The van der Waals surface area contributed by atoms with Crippen LogP contribution in [-0.2, 0) is 0 Å². The van der Waals surface area contributed by atoms with Crippen molar-refractivity contribution >= 4 is 66.1 Å². The van der Waals surface area contributed by atoms with Crippen LogP contribution in [0.2, 0.25) is 0 Å². The number of rotatable bonds is 2. The molecule has 0 N–H and O–H groups in total. The van der Waals surface area contributed by atoms with Gasteiger partial charge in [-0.3, -0.25) is 0 Å². The van der Waals surface area contributed by atoms with Crippen molar-refractivity contribution in [2.75, 3.05) is 0 Å². The summed E-state index contributed by atoms with van der Waals surface area (Å²) in [6.07, 6.45) is 0. The van der Waals surface area contributed by atoms with Crippen molar-refractivity contribution in [2.45, 2.75) is 19.2 Å². The fourth-order valence-corrected chi connectivity index (χ4v) is 4.95. The number of thiophene rings is 2. The molecule has 0 saturated heterocycles. The van der Waals surface area contributed by atoms with Crippen molar-refractivity contribution < 1.29 is 0 Å². The van der Waals surface area contributed by atoms with Gasteiger partial charge in [0, 0.05) is 19.1 Å². The molecular weight excluding hydrogens is 392 g/mol. The molecule has 0 bridgehead atoms. The van der Waals surface area contributed by atoms with Gasteiger partial charge in [-0.1, -0.05) is 0 Å². The second-order valence-electron chi connectivity index (χ2n) is 3.52. The molecule has 0 nitrogen and oxygen atoms in total. The highest BCUT2D eigenvalue weighted by molar-refractivity contribution is 9.13. The average Bonchev–Trinajstić information content (AvgIpc) is 2.72. The van der Waals surface area contributed by atoms with Crippen LogP contribution in [0.15, 0.2) is 20.4 Å².